The maximum atomic E-state index is 13.6. The van der Waals surface area contributed by atoms with Crippen LogP contribution < -0.4 is 14.4 Å². The summed E-state index contributed by atoms with van der Waals surface area (Å²) in [6.45, 7) is 10.6. The summed E-state index contributed by atoms with van der Waals surface area (Å²) >= 11 is 6.48. The third kappa shape index (κ3) is 7.64. The van der Waals surface area contributed by atoms with Gasteiger partial charge in [-0.1, -0.05) is 36.7 Å². The molecule has 3 aliphatic heterocycles. The Kier molecular flexibility index (Phi) is 11.3. The van der Waals surface area contributed by atoms with Gasteiger partial charge in [0.1, 0.15) is 11.4 Å². The number of allylic oxidation sites excluding steroid dienone is 1. The van der Waals surface area contributed by atoms with Crippen LogP contribution in [-0.4, -0.2) is 103 Å². The van der Waals surface area contributed by atoms with Gasteiger partial charge in [0, 0.05) is 55.8 Å². The van der Waals surface area contributed by atoms with Crippen LogP contribution in [0, 0.1) is 17.8 Å². The maximum Gasteiger partial charge on any atom is 0.264 e. The van der Waals surface area contributed by atoms with Gasteiger partial charge in [-0.15, -0.1) is 0 Å². The van der Waals surface area contributed by atoms with Crippen molar-refractivity contribution in [3.8, 4) is 5.75 Å². The normalized spacial score (nSPS) is 32.8. The zero-order valence-electron chi connectivity index (χ0n) is 30.8. The number of rotatable bonds is 6. The average Bonchev–Trinajstić information content (AvgIpc) is 3.27. The molecule has 6 atom stereocenters. The number of nitrogens with zero attached hydrogens (tertiary/aromatic N) is 2. The lowest BCUT2D eigenvalue weighted by Crippen LogP contribution is -2.55. The number of hydrogen-bond donors (Lipinski definition) is 1. The summed E-state index contributed by atoms with van der Waals surface area (Å²) in [5.41, 5.74) is 2.66. The fraction of sp³-hybridized carbons (Fsp3) is 0.625. The number of benzene rings is 2. The van der Waals surface area contributed by atoms with Crippen LogP contribution in [0.5, 0.6) is 5.75 Å². The molecule has 2 fully saturated rings. The molecule has 10 nitrogen and oxygen atoms in total. The fourth-order valence-electron chi connectivity index (χ4n) is 9.04. The molecule has 3 heterocycles. The largest absolute Gasteiger partial charge is 0.490 e. The smallest absolute Gasteiger partial charge is 0.264 e. The molecule has 7 rings (SSSR count). The monoisotopic (exact) mass is 755 g/mol. The number of hydrogen-bond acceptors (Lipinski definition) is 9. The highest BCUT2D eigenvalue weighted by Crippen LogP contribution is 2.49. The molecule has 2 aliphatic carbocycles. The predicted octanol–water partition coefficient (Wildman–Crippen LogP) is 5.62. The lowest BCUT2D eigenvalue weighted by molar-refractivity contribution is -0.120. The molecule has 0 aromatic heterocycles. The number of halogens is 1. The van der Waals surface area contributed by atoms with E-state index in [1.165, 1.54) is 11.1 Å². The van der Waals surface area contributed by atoms with Crippen molar-refractivity contribution in [3.05, 3.63) is 70.3 Å². The van der Waals surface area contributed by atoms with Gasteiger partial charge in [0.15, 0.2) is 0 Å². The van der Waals surface area contributed by atoms with E-state index in [1.807, 2.05) is 25.1 Å². The SMILES string of the molecule is CO[C@@]1(COCCN2CCOCC2)/C=C/C[C@H](C)[C@@H](C)S(=O)(=O)NC(=O)c2ccc3c(c2)N(C[C@@H]2CC[C@H]21)C[C@@]1(CCCc2cc(Cl)ccc21)CO3. The summed E-state index contributed by atoms with van der Waals surface area (Å²) in [4.78, 5) is 18.4. The van der Waals surface area contributed by atoms with Crippen LogP contribution in [0.3, 0.4) is 0 Å². The first-order valence-corrected chi connectivity index (χ1v) is 20.9. The Morgan fingerprint density at radius 1 is 1.10 bits per heavy atom. The summed E-state index contributed by atoms with van der Waals surface area (Å²) in [7, 11) is -2.19. The first-order chi connectivity index (χ1) is 25.0. The molecule has 0 radical (unpaired) electrons. The van der Waals surface area contributed by atoms with E-state index in [4.69, 9.17) is 30.5 Å². The second-order valence-electron chi connectivity index (χ2n) is 15.7. The van der Waals surface area contributed by atoms with Gasteiger partial charge in [-0.3, -0.25) is 9.69 Å². The number of carbonyl (C=O) groups is 1. The van der Waals surface area contributed by atoms with Crippen LogP contribution in [0.15, 0.2) is 48.6 Å². The minimum Gasteiger partial charge on any atom is -0.490 e. The van der Waals surface area contributed by atoms with E-state index >= 15 is 0 Å². The standard InChI is InChI=1S/C40H54ClN3O7S/c1-28-6-4-15-40(48-3,27-50-21-18-43-16-19-49-20-17-43)35-11-8-32(35)24-44-25-39(14-5-7-30-22-33(41)10-12-34(30)39)26-51-37-13-9-31(23-36(37)44)38(45)42-52(46,47)29(28)2/h4,9-10,12-13,15,22-23,28-29,32,35H,5-8,11,14,16-21,24-27H2,1-3H3,(H,42,45)/b15-4+/t28-,29+,32-,35+,39-,40+/m0/s1. The molecule has 1 amide bonds. The minimum absolute atomic E-state index is 0.175. The van der Waals surface area contributed by atoms with Gasteiger partial charge in [-0.05, 0) is 105 Å². The first kappa shape index (κ1) is 37.6. The van der Waals surface area contributed by atoms with Crippen LogP contribution in [0.4, 0.5) is 5.69 Å². The van der Waals surface area contributed by atoms with Crippen molar-refractivity contribution in [1.82, 2.24) is 9.62 Å². The second kappa shape index (κ2) is 15.6. The molecule has 2 bridgehead atoms. The van der Waals surface area contributed by atoms with E-state index in [9.17, 15) is 13.2 Å². The Labute approximate surface area is 314 Å². The van der Waals surface area contributed by atoms with Crippen molar-refractivity contribution in [1.29, 1.82) is 0 Å². The Morgan fingerprint density at radius 3 is 2.69 bits per heavy atom. The molecule has 12 heteroatoms. The number of carbonyl (C=O) groups excluding carboxylic acids is 1. The van der Waals surface area contributed by atoms with E-state index in [0.717, 1.165) is 82.2 Å². The van der Waals surface area contributed by atoms with Crippen molar-refractivity contribution in [2.45, 2.75) is 68.6 Å². The average molecular weight is 756 g/mol. The van der Waals surface area contributed by atoms with Crippen molar-refractivity contribution in [2.24, 2.45) is 17.8 Å². The molecule has 284 valence electrons. The third-order valence-electron chi connectivity index (χ3n) is 12.6. The number of anilines is 1. The summed E-state index contributed by atoms with van der Waals surface area (Å²) < 4.78 is 54.6. The van der Waals surface area contributed by atoms with E-state index in [1.54, 1.807) is 20.1 Å². The highest BCUT2D eigenvalue weighted by Gasteiger charge is 2.49. The van der Waals surface area contributed by atoms with Gasteiger partial charge >= 0.3 is 0 Å². The van der Waals surface area contributed by atoms with E-state index in [0.29, 0.717) is 44.1 Å². The number of fused-ring (bicyclic) bond motifs is 4. The quantitative estimate of drug-likeness (QED) is 0.297. The van der Waals surface area contributed by atoms with Gasteiger partial charge < -0.3 is 23.8 Å². The van der Waals surface area contributed by atoms with Crippen molar-refractivity contribution in [2.75, 3.05) is 77.8 Å². The van der Waals surface area contributed by atoms with Gasteiger partial charge in [-0.2, -0.15) is 0 Å². The van der Waals surface area contributed by atoms with E-state index < -0.39 is 26.8 Å². The number of ether oxygens (including phenoxy) is 4. The lowest BCUT2D eigenvalue weighted by atomic mass is 9.64. The molecule has 1 spiro atoms. The number of aryl methyl sites for hydroxylation is 1. The number of sulfonamides is 1. The van der Waals surface area contributed by atoms with Gasteiger partial charge in [0.25, 0.3) is 5.91 Å². The Bertz CT molecular complexity index is 1750. The summed E-state index contributed by atoms with van der Waals surface area (Å²) in [5, 5.41) is -0.0611. The van der Waals surface area contributed by atoms with Crippen LogP contribution in [-0.2, 0) is 36.1 Å². The third-order valence-corrected chi connectivity index (χ3v) is 14.7. The Balaban J connectivity index is 1.25. The van der Waals surface area contributed by atoms with Crippen molar-refractivity contribution in [3.63, 3.8) is 0 Å². The van der Waals surface area contributed by atoms with Crippen molar-refractivity contribution < 1.29 is 32.2 Å². The zero-order valence-corrected chi connectivity index (χ0v) is 32.4. The molecule has 2 aromatic carbocycles. The van der Waals surface area contributed by atoms with Gasteiger partial charge in [0.2, 0.25) is 10.0 Å². The highest BCUT2D eigenvalue weighted by atomic mass is 35.5. The number of morpholine rings is 1. The molecular weight excluding hydrogens is 702 g/mol. The molecule has 5 aliphatic rings. The van der Waals surface area contributed by atoms with E-state index in [2.05, 4.69) is 38.8 Å². The van der Waals surface area contributed by atoms with Crippen LogP contribution in [0.25, 0.3) is 0 Å². The highest BCUT2D eigenvalue weighted by molar-refractivity contribution is 7.90. The maximum absolute atomic E-state index is 13.6. The Hall–Kier alpha value is -2.67. The van der Waals surface area contributed by atoms with Crippen LogP contribution in [0.2, 0.25) is 5.02 Å². The number of methoxy groups -OCH3 is 1. The van der Waals surface area contributed by atoms with Gasteiger partial charge in [-0.25, -0.2) is 13.1 Å². The molecule has 2 aromatic rings. The first-order valence-electron chi connectivity index (χ1n) is 19.0. The fourth-order valence-corrected chi connectivity index (χ4v) is 10.5. The van der Waals surface area contributed by atoms with Gasteiger partial charge in [0.05, 0.1) is 44.0 Å². The molecule has 1 N–H and O–H groups in total. The molecule has 0 unspecified atom stereocenters. The molecule has 1 saturated heterocycles. The van der Waals surface area contributed by atoms with Crippen molar-refractivity contribution >= 4 is 33.2 Å². The van der Waals surface area contributed by atoms with Crippen LogP contribution in [0.1, 0.15) is 67.4 Å². The Morgan fingerprint density at radius 2 is 1.92 bits per heavy atom. The molecule has 1 saturated carbocycles. The predicted molar refractivity (Wildman–Crippen MR) is 203 cm³/mol. The zero-order chi connectivity index (χ0) is 36.5. The summed E-state index contributed by atoms with van der Waals surface area (Å²) in [5.74, 6) is 0.277. The number of nitrogens with one attached hydrogen (secondary N) is 1. The number of amides is 1. The summed E-state index contributed by atoms with van der Waals surface area (Å²) in [6.07, 6.45) is 9.70. The molecular formula is C40H54ClN3O7S. The van der Waals surface area contributed by atoms with Crippen LogP contribution >= 0.6 is 11.6 Å². The topological polar surface area (TPSA) is 107 Å². The van der Waals surface area contributed by atoms with E-state index in [-0.39, 0.29) is 23.2 Å². The second-order valence-corrected chi connectivity index (χ2v) is 18.2. The minimum atomic E-state index is -3.97. The summed E-state index contributed by atoms with van der Waals surface area (Å²) in [6, 6.07) is 11.5. The molecule has 52 heavy (non-hydrogen) atoms. The lowest BCUT2D eigenvalue weighted by Gasteiger charge is -2.50.